The summed E-state index contributed by atoms with van der Waals surface area (Å²) in [6, 6.07) is 4.41. The van der Waals surface area contributed by atoms with Gasteiger partial charge in [0.25, 0.3) is 5.91 Å². The fourth-order valence-corrected chi connectivity index (χ4v) is 1.98. The van der Waals surface area contributed by atoms with Gasteiger partial charge in [-0.3, -0.25) is 9.78 Å². The predicted molar refractivity (Wildman–Crippen MR) is 77.0 cm³/mol. The number of carbonyl (C=O) groups is 1. The van der Waals surface area contributed by atoms with E-state index in [1.165, 1.54) is 26.1 Å². The number of pyridine rings is 1. The summed E-state index contributed by atoms with van der Waals surface area (Å²) in [5.74, 6) is -1.29. The maximum atomic E-state index is 13.3. The lowest BCUT2D eigenvalue weighted by molar-refractivity contribution is -0.137. The molecule has 2 rings (SSSR count). The van der Waals surface area contributed by atoms with Gasteiger partial charge >= 0.3 is 6.18 Å². The first-order valence-corrected chi connectivity index (χ1v) is 6.55. The highest BCUT2D eigenvalue weighted by molar-refractivity contribution is 6.00. The van der Waals surface area contributed by atoms with E-state index >= 15 is 0 Å². The number of aromatic nitrogens is 1. The summed E-state index contributed by atoms with van der Waals surface area (Å²) in [5, 5.41) is 4.85. The van der Waals surface area contributed by atoms with Crippen molar-refractivity contribution in [3.8, 4) is 0 Å². The average Bonchev–Trinajstić information content (AvgIpc) is 2.47. The first kappa shape index (κ1) is 16.7. The zero-order chi connectivity index (χ0) is 17.2. The van der Waals surface area contributed by atoms with Gasteiger partial charge in [0.1, 0.15) is 5.82 Å². The lowest BCUT2D eigenvalue weighted by Crippen LogP contribution is -2.20. The largest absolute Gasteiger partial charge is 0.419 e. The van der Waals surface area contributed by atoms with Crippen LogP contribution in [-0.4, -0.2) is 17.9 Å². The Balaban J connectivity index is 2.52. The molecule has 0 bridgehead atoms. The molecule has 1 aromatic heterocycles. The van der Waals surface area contributed by atoms with Gasteiger partial charge in [-0.2, -0.15) is 13.2 Å². The number of carbonyl (C=O) groups excluding carboxylic acids is 1. The Morgan fingerprint density at radius 1 is 1.17 bits per heavy atom. The molecule has 0 saturated carbocycles. The Morgan fingerprint density at radius 3 is 2.48 bits per heavy atom. The molecule has 1 amide bonds. The van der Waals surface area contributed by atoms with Gasteiger partial charge in [-0.05, 0) is 31.2 Å². The smallest absolute Gasteiger partial charge is 0.355 e. The van der Waals surface area contributed by atoms with Crippen molar-refractivity contribution in [2.45, 2.75) is 13.1 Å². The van der Waals surface area contributed by atoms with E-state index in [0.29, 0.717) is 11.9 Å². The molecular weight excluding hydrogens is 314 g/mol. The van der Waals surface area contributed by atoms with E-state index in [1.807, 2.05) is 0 Å². The average molecular weight is 327 g/mol. The van der Waals surface area contributed by atoms with Crippen molar-refractivity contribution in [1.29, 1.82) is 0 Å². The molecule has 4 nitrogen and oxygen atoms in total. The van der Waals surface area contributed by atoms with Crippen LogP contribution in [0.2, 0.25) is 0 Å². The second-order valence-electron chi connectivity index (χ2n) is 4.76. The van der Waals surface area contributed by atoms with Crippen molar-refractivity contribution in [2.75, 3.05) is 12.4 Å². The number of nitrogens with zero attached hydrogens (tertiary/aromatic N) is 1. The molecule has 0 aliphatic rings. The van der Waals surface area contributed by atoms with Crippen molar-refractivity contribution in [3.63, 3.8) is 0 Å². The predicted octanol–water partition coefficient (Wildman–Crippen LogP) is 3.65. The summed E-state index contributed by atoms with van der Waals surface area (Å²) < 4.78 is 52.5. The summed E-state index contributed by atoms with van der Waals surface area (Å²) in [4.78, 5) is 15.4. The maximum absolute atomic E-state index is 13.3. The minimum Gasteiger partial charge on any atom is -0.355 e. The number of aryl methyl sites for hydroxylation is 1. The maximum Gasteiger partial charge on any atom is 0.419 e. The monoisotopic (exact) mass is 327 g/mol. The van der Waals surface area contributed by atoms with Crippen molar-refractivity contribution in [3.05, 3.63) is 53.1 Å². The normalized spacial score (nSPS) is 11.2. The van der Waals surface area contributed by atoms with E-state index in [1.54, 1.807) is 0 Å². The van der Waals surface area contributed by atoms with Crippen LogP contribution in [0.3, 0.4) is 0 Å². The summed E-state index contributed by atoms with van der Waals surface area (Å²) in [5.41, 5.74) is -0.918. The van der Waals surface area contributed by atoms with E-state index in [2.05, 4.69) is 15.6 Å². The topological polar surface area (TPSA) is 54.0 Å². The molecule has 122 valence electrons. The van der Waals surface area contributed by atoms with Gasteiger partial charge in [-0.1, -0.05) is 0 Å². The van der Waals surface area contributed by atoms with Crippen LogP contribution in [0.1, 0.15) is 21.6 Å². The van der Waals surface area contributed by atoms with E-state index in [9.17, 15) is 22.4 Å². The quantitative estimate of drug-likeness (QED) is 0.846. The number of halogens is 4. The van der Waals surface area contributed by atoms with Crippen LogP contribution in [-0.2, 0) is 6.18 Å². The van der Waals surface area contributed by atoms with Crippen molar-refractivity contribution in [2.24, 2.45) is 0 Å². The van der Waals surface area contributed by atoms with Crippen molar-refractivity contribution >= 4 is 17.3 Å². The van der Waals surface area contributed by atoms with Crippen LogP contribution < -0.4 is 10.6 Å². The number of benzene rings is 1. The molecule has 1 heterocycles. The van der Waals surface area contributed by atoms with Crippen LogP contribution in [0.4, 0.5) is 28.9 Å². The second kappa shape index (κ2) is 6.23. The van der Waals surface area contributed by atoms with E-state index < -0.39 is 23.5 Å². The summed E-state index contributed by atoms with van der Waals surface area (Å²) in [6.07, 6.45) is -3.91. The Morgan fingerprint density at radius 2 is 1.87 bits per heavy atom. The third-order valence-corrected chi connectivity index (χ3v) is 3.07. The number of anilines is 2. The number of nitrogens with one attached hydrogen (secondary N) is 2. The van der Waals surface area contributed by atoms with E-state index in [0.717, 1.165) is 12.1 Å². The molecule has 0 radical (unpaired) electrons. The Hall–Kier alpha value is -2.64. The van der Waals surface area contributed by atoms with Crippen molar-refractivity contribution in [1.82, 2.24) is 10.3 Å². The second-order valence-corrected chi connectivity index (χ2v) is 4.76. The summed E-state index contributed by atoms with van der Waals surface area (Å²) >= 11 is 0. The fraction of sp³-hybridized carbons (Fsp3) is 0.200. The standard InChI is InChI=1S/C15H13F4N3O/c1-8-5-13(11(7-21-8)15(17,18)19)22-12-4-3-9(16)6-10(12)14(23)20-2/h3-7H,1-2H3,(H,20,23)(H,21,22). The van der Waals surface area contributed by atoms with Gasteiger partial charge in [0.05, 0.1) is 22.5 Å². The Bertz CT molecular complexity index is 744. The number of alkyl halides is 3. The first-order chi connectivity index (χ1) is 10.7. The molecule has 0 aliphatic heterocycles. The van der Waals surface area contributed by atoms with Gasteiger partial charge in [0.2, 0.25) is 0 Å². The molecule has 23 heavy (non-hydrogen) atoms. The van der Waals surface area contributed by atoms with E-state index in [4.69, 9.17) is 0 Å². The molecular formula is C15H13F4N3O. The van der Waals surface area contributed by atoms with Crippen LogP contribution in [0.15, 0.2) is 30.5 Å². The van der Waals surface area contributed by atoms with Crippen LogP contribution in [0, 0.1) is 12.7 Å². The Labute approximate surface area is 129 Å². The summed E-state index contributed by atoms with van der Waals surface area (Å²) in [6.45, 7) is 1.54. The van der Waals surface area contributed by atoms with Gasteiger partial charge in [-0.15, -0.1) is 0 Å². The lowest BCUT2D eigenvalue weighted by atomic mass is 10.1. The minimum absolute atomic E-state index is 0.0573. The van der Waals surface area contributed by atoms with Gasteiger partial charge < -0.3 is 10.6 Å². The highest BCUT2D eigenvalue weighted by Gasteiger charge is 2.34. The van der Waals surface area contributed by atoms with Crippen LogP contribution in [0.5, 0.6) is 0 Å². The number of hydrogen-bond donors (Lipinski definition) is 2. The molecule has 1 aromatic carbocycles. The molecule has 0 atom stereocenters. The highest BCUT2D eigenvalue weighted by atomic mass is 19.4. The number of hydrogen-bond acceptors (Lipinski definition) is 3. The zero-order valence-corrected chi connectivity index (χ0v) is 12.3. The SMILES string of the molecule is CNC(=O)c1cc(F)ccc1Nc1cc(C)ncc1C(F)(F)F. The van der Waals surface area contributed by atoms with Gasteiger partial charge in [0.15, 0.2) is 0 Å². The third-order valence-electron chi connectivity index (χ3n) is 3.07. The molecule has 2 N–H and O–H groups in total. The molecule has 0 saturated heterocycles. The minimum atomic E-state index is -4.61. The third kappa shape index (κ3) is 3.77. The molecule has 0 aliphatic carbocycles. The van der Waals surface area contributed by atoms with E-state index in [-0.39, 0.29) is 16.9 Å². The highest BCUT2D eigenvalue weighted by Crippen LogP contribution is 2.36. The van der Waals surface area contributed by atoms with Crippen LogP contribution in [0.25, 0.3) is 0 Å². The summed E-state index contributed by atoms with van der Waals surface area (Å²) in [7, 11) is 1.34. The lowest BCUT2D eigenvalue weighted by Gasteiger charge is -2.16. The Kier molecular flexibility index (Phi) is 4.53. The fourth-order valence-electron chi connectivity index (χ4n) is 1.98. The molecule has 0 spiro atoms. The number of amides is 1. The van der Waals surface area contributed by atoms with Crippen molar-refractivity contribution < 1.29 is 22.4 Å². The molecule has 2 aromatic rings. The molecule has 8 heteroatoms. The number of rotatable bonds is 3. The van der Waals surface area contributed by atoms with Gasteiger partial charge in [0, 0.05) is 18.9 Å². The zero-order valence-electron chi connectivity index (χ0n) is 12.3. The van der Waals surface area contributed by atoms with Crippen LogP contribution >= 0.6 is 0 Å². The first-order valence-electron chi connectivity index (χ1n) is 6.55. The molecule has 0 fully saturated rings. The molecule has 0 unspecified atom stereocenters. The van der Waals surface area contributed by atoms with Gasteiger partial charge in [-0.25, -0.2) is 4.39 Å².